The van der Waals surface area contributed by atoms with Crippen LogP contribution in [0, 0.1) is 11.3 Å². The number of anilines is 2. The number of carbonyl (C=O) groups excluding carboxylic acids is 2. The Bertz CT molecular complexity index is 1140. The van der Waals surface area contributed by atoms with Crippen LogP contribution in [-0.4, -0.2) is 32.5 Å². The number of para-hydroxylation sites is 1. The molecule has 2 aromatic rings. The van der Waals surface area contributed by atoms with Gasteiger partial charge in [0.1, 0.15) is 10.7 Å². The zero-order valence-electron chi connectivity index (χ0n) is 16.3. The van der Waals surface area contributed by atoms with Gasteiger partial charge in [-0.25, -0.2) is 0 Å². The number of nitrogens with zero attached hydrogens (tertiary/aromatic N) is 2. The van der Waals surface area contributed by atoms with Gasteiger partial charge in [0.2, 0.25) is 5.91 Å². The molecule has 2 aliphatic rings. The van der Waals surface area contributed by atoms with Gasteiger partial charge < -0.3 is 10.2 Å². The third kappa shape index (κ3) is 3.49. The molecule has 152 valence electrons. The zero-order valence-corrected chi connectivity index (χ0v) is 17.9. The Morgan fingerprint density at radius 3 is 2.62 bits per heavy atom. The summed E-state index contributed by atoms with van der Waals surface area (Å²) in [4.78, 5) is 28.5. The normalized spacial score (nSPS) is 20.6. The van der Waals surface area contributed by atoms with Crippen molar-refractivity contribution in [1.29, 1.82) is 0 Å². The predicted octanol–water partition coefficient (Wildman–Crippen LogP) is 3.54. The third-order valence-electron chi connectivity index (χ3n) is 4.94. The van der Waals surface area contributed by atoms with Gasteiger partial charge in [0, 0.05) is 6.54 Å². The molecule has 1 aromatic heterocycles. The fourth-order valence-electron chi connectivity index (χ4n) is 3.40. The number of sulfonamides is 1. The maximum Gasteiger partial charge on any atom is 0.286 e. The van der Waals surface area contributed by atoms with Gasteiger partial charge in [-0.05, 0) is 35.4 Å². The van der Waals surface area contributed by atoms with E-state index in [0.29, 0.717) is 22.8 Å². The van der Waals surface area contributed by atoms with Crippen LogP contribution in [0.25, 0.3) is 0 Å². The molecule has 1 N–H and O–H groups in total. The molecule has 1 atom stereocenters. The second-order valence-corrected chi connectivity index (χ2v) is 10.8. The lowest BCUT2D eigenvalue weighted by atomic mass is 9.90. The first-order valence-electron chi connectivity index (χ1n) is 9.22. The van der Waals surface area contributed by atoms with Crippen LogP contribution in [0.2, 0.25) is 0 Å². The first-order chi connectivity index (χ1) is 13.6. The number of carbonyl (C=O) groups is 2. The molecular weight excluding hydrogens is 410 g/mol. The third-order valence-corrected chi connectivity index (χ3v) is 7.21. The summed E-state index contributed by atoms with van der Waals surface area (Å²) in [7, 11) is -4.00. The Morgan fingerprint density at radius 2 is 1.90 bits per heavy atom. The fraction of sp³-hybridized carbons (Fsp3) is 0.350. The lowest BCUT2D eigenvalue weighted by Crippen LogP contribution is -2.50. The second kappa shape index (κ2) is 6.77. The predicted molar refractivity (Wildman–Crippen MR) is 113 cm³/mol. The highest BCUT2D eigenvalue weighted by Crippen LogP contribution is 2.38. The summed E-state index contributed by atoms with van der Waals surface area (Å²) in [5, 5.41) is 4.67. The number of ketones is 1. The number of thiophene rings is 1. The first kappa shape index (κ1) is 19.8. The monoisotopic (exact) mass is 431 g/mol. The van der Waals surface area contributed by atoms with Crippen LogP contribution in [0.15, 0.2) is 45.0 Å². The zero-order chi connectivity index (χ0) is 21.0. The maximum atomic E-state index is 13.3. The number of rotatable bonds is 3. The summed E-state index contributed by atoms with van der Waals surface area (Å²) in [5.41, 5.74) is 0.900. The molecule has 0 saturated heterocycles. The molecule has 1 aromatic carbocycles. The molecule has 7 nitrogen and oxygen atoms in total. The van der Waals surface area contributed by atoms with Gasteiger partial charge in [0.25, 0.3) is 10.0 Å². The first-order valence-corrected chi connectivity index (χ1v) is 11.5. The minimum absolute atomic E-state index is 0.00367. The van der Waals surface area contributed by atoms with E-state index in [-0.39, 0.29) is 16.1 Å². The molecule has 0 saturated carbocycles. The second-order valence-electron chi connectivity index (χ2n) is 8.31. The van der Waals surface area contributed by atoms with Crippen molar-refractivity contribution in [3.05, 3.63) is 40.6 Å². The van der Waals surface area contributed by atoms with Crippen molar-refractivity contribution in [2.45, 2.75) is 32.1 Å². The van der Waals surface area contributed by atoms with Crippen molar-refractivity contribution in [2.24, 2.45) is 15.7 Å². The quantitative estimate of drug-likeness (QED) is 0.750. The molecule has 4 rings (SSSR count). The number of amidine groups is 1. The Hall–Kier alpha value is -2.52. The van der Waals surface area contributed by atoms with E-state index in [1.165, 1.54) is 17.4 Å². The highest BCUT2D eigenvalue weighted by molar-refractivity contribution is 7.90. The van der Waals surface area contributed by atoms with E-state index in [1.54, 1.807) is 34.5 Å². The van der Waals surface area contributed by atoms with Crippen LogP contribution in [0.3, 0.4) is 0 Å². The van der Waals surface area contributed by atoms with E-state index >= 15 is 0 Å². The van der Waals surface area contributed by atoms with E-state index in [9.17, 15) is 18.0 Å². The summed E-state index contributed by atoms with van der Waals surface area (Å²) in [6, 6.07) is 8.07. The summed E-state index contributed by atoms with van der Waals surface area (Å²) < 4.78 is 29.0. The lowest BCUT2D eigenvalue weighted by Gasteiger charge is -2.34. The van der Waals surface area contributed by atoms with Crippen molar-refractivity contribution in [3.8, 4) is 0 Å². The number of fused-ring (bicyclic) bond motifs is 2. The molecule has 9 heteroatoms. The van der Waals surface area contributed by atoms with E-state index < -0.39 is 27.6 Å². The SMILES string of the molecule is CC(C)(C)CCN1C(=O)C(C2=NS(=O)(=O)c3ccccc3N2)C(=O)c2sccc21. The van der Waals surface area contributed by atoms with Crippen LogP contribution < -0.4 is 10.2 Å². The average Bonchev–Trinajstić information content (AvgIpc) is 3.10. The molecule has 3 heterocycles. The van der Waals surface area contributed by atoms with Crippen molar-refractivity contribution in [2.75, 3.05) is 16.8 Å². The molecule has 0 radical (unpaired) electrons. The number of hydrogen-bond acceptors (Lipinski definition) is 6. The van der Waals surface area contributed by atoms with Gasteiger partial charge in [-0.15, -0.1) is 15.7 Å². The summed E-state index contributed by atoms with van der Waals surface area (Å²) in [6.07, 6.45) is 0.732. The smallest absolute Gasteiger partial charge is 0.286 e. The summed E-state index contributed by atoms with van der Waals surface area (Å²) in [5.74, 6) is -2.32. The van der Waals surface area contributed by atoms with Crippen LogP contribution in [-0.2, 0) is 14.8 Å². The van der Waals surface area contributed by atoms with Gasteiger partial charge in [-0.1, -0.05) is 32.9 Å². The Kier molecular flexibility index (Phi) is 4.62. The Balaban J connectivity index is 1.76. The van der Waals surface area contributed by atoms with Crippen LogP contribution >= 0.6 is 11.3 Å². The summed E-state index contributed by atoms with van der Waals surface area (Å²) in [6.45, 7) is 6.67. The van der Waals surface area contributed by atoms with Crippen LogP contribution in [0.1, 0.15) is 36.9 Å². The topological polar surface area (TPSA) is 95.9 Å². The molecule has 1 amide bonds. The van der Waals surface area contributed by atoms with E-state index in [0.717, 1.165) is 6.42 Å². The minimum atomic E-state index is -4.00. The van der Waals surface area contributed by atoms with Gasteiger partial charge >= 0.3 is 0 Å². The average molecular weight is 432 g/mol. The largest absolute Gasteiger partial charge is 0.341 e. The number of Topliss-reactive ketones (excluding diaryl/α,β-unsaturated/α-hetero) is 1. The number of benzene rings is 1. The molecule has 1 unspecified atom stereocenters. The molecule has 29 heavy (non-hydrogen) atoms. The maximum absolute atomic E-state index is 13.3. The Labute approximate surface area is 173 Å². The minimum Gasteiger partial charge on any atom is -0.341 e. The summed E-state index contributed by atoms with van der Waals surface area (Å²) >= 11 is 1.25. The number of nitrogens with one attached hydrogen (secondary N) is 1. The molecule has 0 spiro atoms. The van der Waals surface area contributed by atoms with Crippen LogP contribution in [0.4, 0.5) is 11.4 Å². The van der Waals surface area contributed by atoms with Gasteiger partial charge in [-0.3, -0.25) is 9.59 Å². The standard InChI is InChI=1S/C20H21N3O4S2/c1-20(2,3)9-10-23-13-8-11-28-17(13)16(24)15(19(23)25)18-21-12-6-4-5-7-14(12)29(26,27)22-18/h4-8,11,15H,9-10H2,1-3H3,(H,21,22). The van der Waals surface area contributed by atoms with Crippen LogP contribution in [0.5, 0.6) is 0 Å². The van der Waals surface area contributed by atoms with Crippen molar-refractivity contribution >= 4 is 50.3 Å². The van der Waals surface area contributed by atoms with Gasteiger partial charge in [0.05, 0.1) is 16.3 Å². The highest BCUT2D eigenvalue weighted by Gasteiger charge is 2.45. The molecule has 0 aliphatic carbocycles. The van der Waals surface area contributed by atoms with Crippen molar-refractivity contribution in [3.63, 3.8) is 0 Å². The van der Waals surface area contributed by atoms with E-state index in [4.69, 9.17) is 0 Å². The molecule has 0 bridgehead atoms. The van der Waals surface area contributed by atoms with E-state index in [2.05, 4.69) is 30.5 Å². The fourth-order valence-corrected chi connectivity index (χ4v) is 5.42. The molecule has 2 aliphatic heterocycles. The number of amides is 1. The van der Waals surface area contributed by atoms with Crippen molar-refractivity contribution in [1.82, 2.24) is 0 Å². The van der Waals surface area contributed by atoms with E-state index in [1.807, 2.05) is 0 Å². The Morgan fingerprint density at radius 1 is 1.17 bits per heavy atom. The molecule has 0 fully saturated rings. The highest BCUT2D eigenvalue weighted by atomic mass is 32.2. The number of hydrogen-bond donors (Lipinski definition) is 1. The van der Waals surface area contributed by atoms with Gasteiger partial charge in [0.15, 0.2) is 11.7 Å². The lowest BCUT2D eigenvalue weighted by molar-refractivity contribution is -0.119. The molecular formula is C20H21N3O4S2. The van der Waals surface area contributed by atoms with Gasteiger partial charge in [-0.2, -0.15) is 8.42 Å². The van der Waals surface area contributed by atoms with Crippen molar-refractivity contribution < 1.29 is 18.0 Å².